The van der Waals surface area contributed by atoms with Gasteiger partial charge in [0.2, 0.25) is 0 Å². The van der Waals surface area contributed by atoms with Gasteiger partial charge in [0, 0.05) is 38.4 Å². The first-order chi connectivity index (χ1) is 22.5. The molecule has 48 heavy (non-hydrogen) atoms. The molecule has 5 aliphatic heterocycles. The van der Waals surface area contributed by atoms with Crippen LogP contribution in [-0.4, -0.2) is 102 Å². The van der Waals surface area contributed by atoms with E-state index < -0.39 is 52.8 Å². The Labute approximate surface area is 287 Å². The van der Waals surface area contributed by atoms with Crippen LogP contribution in [0, 0.1) is 35.5 Å². The first-order valence-electron chi connectivity index (χ1n) is 18.4. The number of carboxylic acids is 1. The van der Waals surface area contributed by atoms with Gasteiger partial charge < -0.3 is 43.4 Å². The number of aliphatic hydroxyl groups is 1. The number of ketones is 1. The Bertz CT molecular complexity index is 1160. The fourth-order valence-corrected chi connectivity index (χ4v) is 10.0. The second-order valence-electron chi connectivity index (χ2n) is 16.3. The summed E-state index contributed by atoms with van der Waals surface area (Å²) >= 11 is 0. The van der Waals surface area contributed by atoms with E-state index in [1.807, 2.05) is 13.8 Å². The number of methoxy groups -OCH3 is 2. The molecule has 5 aliphatic rings. The van der Waals surface area contributed by atoms with E-state index in [0.29, 0.717) is 12.8 Å². The maximum atomic E-state index is 13.5. The van der Waals surface area contributed by atoms with Gasteiger partial charge in [-0.1, -0.05) is 41.5 Å². The van der Waals surface area contributed by atoms with Crippen LogP contribution in [-0.2, 0) is 42.7 Å². The number of hydrogen-bond donors (Lipinski definition) is 2. The molecule has 1 spiro atoms. The monoisotopic (exact) mass is 682 g/mol. The summed E-state index contributed by atoms with van der Waals surface area (Å²) in [5.41, 5.74) is -1.16. The van der Waals surface area contributed by atoms with Crippen molar-refractivity contribution in [1.29, 1.82) is 0 Å². The van der Waals surface area contributed by atoms with Crippen LogP contribution in [0.3, 0.4) is 0 Å². The molecular formula is C37H62O11. The third-order valence-electron chi connectivity index (χ3n) is 13.2. The Morgan fingerprint density at radius 2 is 1.73 bits per heavy atom. The summed E-state index contributed by atoms with van der Waals surface area (Å²) in [7, 11) is 3.11. The van der Waals surface area contributed by atoms with Gasteiger partial charge in [0.15, 0.2) is 11.6 Å². The highest BCUT2D eigenvalue weighted by Crippen LogP contribution is 2.54. The second-order valence-corrected chi connectivity index (χ2v) is 16.3. The fourth-order valence-electron chi connectivity index (χ4n) is 10.0. The Morgan fingerprint density at radius 3 is 2.33 bits per heavy atom. The summed E-state index contributed by atoms with van der Waals surface area (Å²) < 4.78 is 45.6. The number of ether oxygens (including phenoxy) is 7. The lowest BCUT2D eigenvalue weighted by molar-refractivity contribution is -0.332. The van der Waals surface area contributed by atoms with E-state index >= 15 is 0 Å². The van der Waals surface area contributed by atoms with Gasteiger partial charge >= 0.3 is 5.97 Å². The highest BCUT2D eigenvalue weighted by Gasteiger charge is 2.62. The summed E-state index contributed by atoms with van der Waals surface area (Å²) in [6.45, 7) is 15.9. The molecule has 5 fully saturated rings. The van der Waals surface area contributed by atoms with E-state index in [-0.39, 0.29) is 66.9 Å². The zero-order valence-corrected chi connectivity index (χ0v) is 30.9. The second kappa shape index (κ2) is 14.1. The van der Waals surface area contributed by atoms with Gasteiger partial charge in [-0.25, -0.2) is 0 Å². The first kappa shape index (κ1) is 38.1. The van der Waals surface area contributed by atoms with E-state index in [4.69, 9.17) is 33.2 Å². The number of rotatable bonds is 11. The minimum atomic E-state index is -1.09. The summed E-state index contributed by atoms with van der Waals surface area (Å²) in [5, 5.41) is 19.9. The highest BCUT2D eigenvalue weighted by atomic mass is 16.7. The molecule has 5 rings (SSSR count). The smallest absolute Gasteiger partial charge is 0.308 e. The Kier molecular flexibility index (Phi) is 11.2. The van der Waals surface area contributed by atoms with Gasteiger partial charge in [-0.05, 0) is 64.2 Å². The molecule has 0 aromatic carbocycles. The van der Waals surface area contributed by atoms with Gasteiger partial charge in [0.05, 0.1) is 66.8 Å². The molecule has 0 aromatic rings. The molecule has 0 bridgehead atoms. The van der Waals surface area contributed by atoms with E-state index in [1.54, 1.807) is 14.0 Å². The van der Waals surface area contributed by atoms with Gasteiger partial charge in [-0.15, -0.1) is 0 Å². The number of carbonyl (C=O) groups is 2. The van der Waals surface area contributed by atoms with Gasteiger partial charge in [-0.2, -0.15) is 0 Å². The van der Waals surface area contributed by atoms with Crippen molar-refractivity contribution in [2.45, 2.75) is 166 Å². The number of aliphatic hydroxyl groups excluding tert-OH is 1. The molecule has 0 aliphatic carbocycles. The average Bonchev–Trinajstić information content (AvgIpc) is 3.76. The van der Waals surface area contributed by atoms with Crippen LogP contribution in [0.5, 0.6) is 0 Å². The molecule has 2 unspecified atom stereocenters. The van der Waals surface area contributed by atoms with Crippen molar-refractivity contribution in [2.75, 3.05) is 20.8 Å². The van der Waals surface area contributed by atoms with Crippen molar-refractivity contribution in [3.63, 3.8) is 0 Å². The molecule has 0 radical (unpaired) electrons. The van der Waals surface area contributed by atoms with Crippen LogP contribution >= 0.6 is 0 Å². The minimum Gasteiger partial charge on any atom is -0.481 e. The van der Waals surface area contributed by atoms with Crippen LogP contribution < -0.4 is 0 Å². The average molecular weight is 683 g/mol. The van der Waals surface area contributed by atoms with Crippen molar-refractivity contribution in [3.8, 4) is 0 Å². The first-order valence-corrected chi connectivity index (χ1v) is 18.4. The van der Waals surface area contributed by atoms with Crippen LogP contribution in [0.2, 0.25) is 0 Å². The van der Waals surface area contributed by atoms with E-state index in [0.717, 1.165) is 32.1 Å². The quantitative estimate of drug-likeness (QED) is 0.300. The maximum absolute atomic E-state index is 13.5. The Balaban J connectivity index is 1.29. The van der Waals surface area contributed by atoms with E-state index in [1.165, 1.54) is 7.11 Å². The molecule has 5 saturated heterocycles. The van der Waals surface area contributed by atoms with Crippen LogP contribution in [0.1, 0.15) is 107 Å². The zero-order chi connectivity index (χ0) is 35.4. The molecular weight excluding hydrogens is 620 g/mol. The standard InChI is InChI=1S/C37H62O11/c1-11-35(32-21(3)17-27(44-32)29-20(2)16-22(4)37(19-38,43-10)47-29)13-12-28(45-35)34(8)14-15-36(48-34)18-26(39)23(5)31(46-36)24(6)30(42-9)25(7)33(40)41/h20-25,27-32,38H,11-19H2,1-10H3,(H,40,41)/t20-,21-,22+,23+,24-,25-,27+,28?,29-,30+,31-,32?,34-,35-,36+,37-/m0/s1. The van der Waals surface area contributed by atoms with Crippen LogP contribution in [0.4, 0.5) is 0 Å². The van der Waals surface area contributed by atoms with Crippen molar-refractivity contribution in [1.82, 2.24) is 0 Å². The molecule has 2 N–H and O–H groups in total. The van der Waals surface area contributed by atoms with Crippen molar-refractivity contribution >= 4 is 11.8 Å². The van der Waals surface area contributed by atoms with E-state index in [2.05, 4.69) is 34.6 Å². The lowest BCUT2D eigenvalue weighted by atomic mass is 9.79. The summed E-state index contributed by atoms with van der Waals surface area (Å²) in [5.74, 6) is -3.96. The maximum Gasteiger partial charge on any atom is 0.308 e. The number of hydrogen-bond acceptors (Lipinski definition) is 10. The molecule has 0 amide bonds. The number of carboxylic acid groups (broad SMARTS) is 1. The van der Waals surface area contributed by atoms with Crippen LogP contribution in [0.25, 0.3) is 0 Å². The molecule has 5 heterocycles. The third-order valence-corrected chi connectivity index (χ3v) is 13.2. The fraction of sp³-hybridized carbons (Fsp3) is 0.946. The third kappa shape index (κ3) is 6.53. The van der Waals surface area contributed by atoms with Crippen molar-refractivity contribution in [3.05, 3.63) is 0 Å². The predicted molar refractivity (Wildman–Crippen MR) is 176 cm³/mol. The van der Waals surface area contributed by atoms with E-state index in [9.17, 15) is 19.8 Å². The Morgan fingerprint density at radius 1 is 1.02 bits per heavy atom. The molecule has 11 heteroatoms. The number of aliphatic carboxylic acids is 1. The van der Waals surface area contributed by atoms with Gasteiger partial charge in [-0.3, -0.25) is 9.59 Å². The van der Waals surface area contributed by atoms with Crippen molar-refractivity contribution < 1.29 is 53.0 Å². The largest absolute Gasteiger partial charge is 0.481 e. The zero-order valence-electron chi connectivity index (χ0n) is 30.9. The van der Waals surface area contributed by atoms with Gasteiger partial charge in [0.25, 0.3) is 0 Å². The number of Topliss-reactive ketones (excluding diaryl/α,β-unsaturated/α-hetero) is 1. The summed E-state index contributed by atoms with van der Waals surface area (Å²) in [4.78, 5) is 25.3. The number of carbonyl (C=O) groups excluding carboxylic acids is 1. The van der Waals surface area contributed by atoms with Gasteiger partial charge in [0.1, 0.15) is 5.78 Å². The molecule has 0 aromatic heterocycles. The van der Waals surface area contributed by atoms with Crippen LogP contribution in [0.15, 0.2) is 0 Å². The Hall–Kier alpha value is -1.18. The molecule has 276 valence electrons. The normalized spacial score (nSPS) is 48.6. The minimum absolute atomic E-state index is 0.0573. The lowest BCUT2D eigenvalue weighted by Gasteiger charge is -2.48. The SMILES string of the molecule is CC[C@@]1(C2O[C@@H]([C@H]3O[C@](CO)(OC)[C@H](C)C[C@@H]3C)C[C@@H]2C)CCC([C@]2(C)CC[C@]3(CC(=O)[C@@H](C)[C@@H]([C@@H](C)[C@@H](OC)[C@H](C)C(=O)O)O3)O2)O1. The topological polar surface area (TPSA) is 139 Å². The predicted octanol–water partition coefficient (Wildman–Crippen LogP) is 5.14. The highest BCUT2D eigenvalue weighted by molar-refractivity contribution is 5.83. The molecule has 0 saturated carbocycles. The summed E-state index contributed by atoms with van der Waals surface area (Å²) in [6.07, 6.45) is 3.69. The molecule has 11 nitrogen and oxygen atoms in total. The summed E-state index contributed by atoms with van der Waals surface area (Å²) in [6, 6.07) is 0. The lowest BCUT2D eigenvalue weighted by Crippen LogP contribution is -2.57. The van der Waals surface area contributed by atoms with Crippen molar-refractivity contribution in [2.24, 2.45) is 35.5 Å². The molecule has 16 atom stereocenters.